The SMILES string of the molecule is Cc1cc(N2CCCC2)c(F)cc1C=Nc1cc(Cl)ccc1C. The highest BCUT2D eigenvalue weighted by molar-refractivity contribution is 6.30. The minimum Gasteiger partial charge on any atom is -0.369 e. The number of nitrogens with zero attached hydrogens (tertiary/aromatic N) is 2. The van der Waals surface area contributed by atoms with Crippen molar-refractivity contribution < 1.29 is 4.39 Å². The molecule has 2 aromatic rings. The molecule has 0 amide bonds. The van der Waals surface area contributed by atoms with Gasteiger partial charge in [0, 0.05) is 24.3 Å². The molecule has 0 N–H and O–H groups in total. The van der Waals surface area contributed by atoms with Crippen LogP contribution >= 0.6 is 11.6 Å². The van der Waals surface area contributed by atoms with Gasteiger partial charge in [0.25, 0.3) is 0 Å². The molecule has 4 heteroatoms. The molecule has 0 atom stereocenters. The van der Waals surface area contributed by atoms with Gasteiger partial charge in [-0.15, -0.1) is 0 Å². The van der Waals surface area contributed by atoms with E-state index < -0.39 is 0 Å². The highest BCUT2D eigenvalue weighted by atomic mass is 35.5. The van der Waals surface area contributed by atoms with Gasteiger partial charge in [-0.3, -0.25) is 4.99 Å². The molecule has 0 spiro atoms. The van der Waals surface area contributed by atoms with Crippen molar-refractivity contribution in [1.82, 2.24) is 0 Å². The third kappa shape index (κ3) is 3.56. The first-order valence-electron chi connectivity index (χ1n) is 7.90. The predicted octanol–water partition coefficient (Wildman–Crippen LogP) is 5.45. The van der Waals surface area contributed by atoms with Crippen LogP contribution in [0.1, 0.15) is 29.5 Å². The molecule has 120 valence electrons. The van der Waals surface area contributed by atoms with E-state index in [1.807, 2.05) is 38.1 Å². The fourth-order valence-electron chi connectivity index (χ4n) is 2.88. The minimum absolute atomic E-state index is 0.179. The quantitative estimate of drug-likeness (QED) is 0.683. The Kier molecular flexibility index (Phi) is 4.67. The lowest BCUT2D eigenvalue weighted by Gasteiger charge is -2.19. The van der Waals surface area contributed by atoms with Crippen molar-refractivity contribution in [3.05, 3.63) is 57.9 Å². The summed E-state index contributed by atoms with van der Waals surface area (Å²) in [5.74, 6) is -0.179. The Morgan fingerprint density at radius 3 is 2.57 bits per heavy atom. The Balaban J connectivity index is 1.89. The van der Waals surface area contributed by atoms with Crippen LogP contribution in [-0.2, 0) is 0 Å². The van der Waals surface area contributed by atoms with Crippen molar-refractivity contribution in [3.63, 3.8) is 0 Å². The number of anilines is 1. The lowest BCUT2D eigenvalue weighted by molar-refractivity contribution is 0.622. The van der Waals surface area contributed by atoms with Crippen LogP contribution in [0.2, 0.25) is 5.02 Å². The van der Waals surface area contributed by atoms with Crippen LogP contribution in [0.3, 0.4) is 0 Å². The van der Waals surface area contributed by atoms with E-state index in [1.54, 1.807) is 12.3 Å². The van der Waals surface area contributed by atoms with Crippen LogP contribution in [-0.4, -0.2) is 19.3 Å². The number of benzene rings is 2. The number of aryl methyl sites for hydroxylation is 2. The fourth-order valence-corrected chi connectivity index (χ4v) is 3.05. The monoisotopic (exact) mass is 330 g/mol. The molecule has 0 bridgehead atoms. The molecule has 0 aliphatic carbocycles. The topological polar surface area (TPSA) is 15.6 Å². The van der Waals surface area contributed by atoms with Crippen molar-refractivity contribution in [2.45, 2.75) is 26.7 Å². The summed E-state index contributed by atoms with van der Waals surface area (Å²) in [6.45, 7) is 5.84. The van der Waals surface area contributed by atoms with E-state index in [-0.39, 0.29) is 5.82 Å². The second-order valence-corrected chi connectivity index (χ2v) is 6.48. The zero-order valence-corrected chi connectivity index (χ0v) is 14.2. The molecule has 23 heavy (non-hydrogen) atoms. The molecular weight excluding hydrogens is 311 g/mol. The van der Waals surface area contributed by atoms with Gasteiger partial charge in [-0.2, -0.15) is 0 Å². The third-order valence-corrected chi connectivity index (χ3v) is 4.53. The molecule has 1 heterocycles. The van der Waals surface area contributed by atoms with Crippen molar-refractivity contribution in [2.75, 3.05) is 18.0 Å². The first-order valence-corrected chi connectivity index (χ1v) is 8.28. The molecule has 1 saturated heterocycles. The van der Waals surface area contributed by atoms with Crippen LogP contribution in [0, 0.1) is 19.7 Å². The standard InChI is InChI=1S/C19H20ClFN2/c1-13-5-6-16(20)11-18(13)22-12-15-10-17(21)19(9-14(15)2)23-7-3-4-8-23/h5-6,9-12H,3-4,7-8H2,1-2H3. The molecule has 1 aliphatic heterocycles. The van der Waals surface area contributed by atoms with Crippen LogP contribution in [0.5, 0.6) is 0 Å². The minimum atomic E-state index is -0.179. The summed E-state index contributed by atoms with van der Waals surface area (Å²) in [4.78, 5) is 6.59. The maximum atomic E-state index is 14.4. The molecular formula is C19H20ClFN2. The normalized spacial score (nSPS) is 14.9. The van der Waals surface area contributed by atoms with Crippen LogP contribution in [0.25, 0.3) is 0 Å². The van der Waals surface area contributed by atoms with Crippen molar-refractivity contribution >= 4 is 29.2 Å². The van der Waals surface area contributed by atoms with E-state index in [1.165, 1.54) is 0 Å². The van der Waals surface area contributed by atoms with E-state index in [2.05, 4.69) is 9.89 Å². The summed E-state index contributed by atoms with van der Waals surface area (Å²) >= 11 is 6.01. The molecule has 1 fully saturated rings. The molecule has 0 radical (unpaired) electrons. The number of aliphatic imine (C=N–C) groups is 1. The van der Waals surface area contributed by atoms with Crippen molar-refractivity contribution in [2.24, 2.45) is 4.99 Å². The van der Waals surface area contributed by atoms with Crippen molar-refractivity contribution in [1.29, 1.82) is 0 Å². The van der Waals surface area contributed by atoms with E-state index >= 15 is 0 Å². The van der Waals surface area contributed by atoms with E-state index in [0.29, 0.717) is 10.7 Å². The number of rotatable bonds is 3. The Morgan fingerprint density at radius 2 is 1.83 bits per heavy atom. The van der Waals surface area contributed by atoms with Gasteiger partial charge in [-0.1, -0.05) is 17.7 Å². The smallest absolute Gasteiger partial charge is 0.147 e. The van der Waals surface area contributed by atoms with Gasteiger partial charge in [0.15, 0.2) is 0 Å². The average molecular weight is 331 g/mol. The lowest BCUT2D eigenvalue weighted by Crippen LogP contribution is -2.19. The molecule has 2 nitrogen and oxygen atoms in total. The first-order chi connectivity index (χ1) is 11.0. The van der Waals surface area contributed by atoms with Gasteiger partial charge in [0.2, 0.25) is 0 Å². The van der Waals surface area contributed by atoms with E-state index in [4.69, 9.17) is 11.6 Å². The summed E-state index contributed by atoms with van der Waals surface area (Å²) < 4.78 is 14.4. The highest BCUT2D eigenvalue weighted by Gasteiger charge is 2.17. The van der Waals surface area contributed by atoms with Gasteiger partial charge >= 0.3 is 0 Å². The maximum absolute atomic E-state index is 14.4. The average Bonchev–Trinajstić information content (AvgIpc) is 3.05. The Labute approximate surface area is 141 Å². The second kappa shape index (κ2) is 6.71. The Bertz CT molecular complexity index is 749. The Hall–Kier alpha value is -1.87. The second-order valence-electron chi connectivity index (χ2n) is 6.04. The zero-order valence-electron chi connectivity index (χ0n) is 13.4. The molecule has 0 saturated carbocycles. The van der Waals surface area contributed by atoms with E-state index in [0.717, 1.165) is 48.3 Å². The van der Waals surface area contributed by atoms with Gasteiger partial charge in [0.05, 0.1) is 11.4 Å². The van der Waals surface area contributed by atoms with E-state index in [9.17, 15) is 4.39 Å². The third-order valence-electron chi connectivity index (χ3n) is 4.30. The molecule has 3 rings (SSSR count). The summed E-state index contributed by atoms with van der Waals surface area (Å²) in [7, 11) is 0. The van der Waals surface area contributed by atoms with Crippen LogP contribution in [0.15, 0.2) is 35.3 Å². The van der Waals surface area contributed by atoms with Crippen LogP contribution < -0.4 is 4.90 Å². The number of hydrogen-bond acceptors (Lipinski definition) is 2. The van der Waals surface area contributed by atoms with Gasteiger partial charge in [0.1, 0.15) is 5.82 Å². The Morgan fingerprint density at radius 1 is 1.09 bits per heavy atom. The van der Waals surface area contributed by atoms with Crippen LogP contribution in [0.4, 0.5) is 15.8 Å². The van der Waals surface area contributed by atoms with Gasteiger partial charge in [-0.25, -0.2) is 4.39 Å². The lowest BCUT2D eigenvalue weighted by atomic mass is 10.1. The maximum Gasteiger partial charge on any atom is 0.147 e. The summed E-state index contributed by atoms with van der Waals surface area (Å²) in [5.41, 5.74) is 4.37. The number of halogens is 2. The zero-order chi connectivity index (χ0) is 16.4. The molecule has 0 unspecified atom stereocenters. The fraction of sp³-hybridized carbons (Fsp3) is 0.316. The summed E-state index contributed by atoms with van der Waals surface area (Å²) in [5, 5.41) is 0.648. The number of hydrogen-bond donors (Lipinski definition) is 0. The van der Waals surface area contributed by atoms with Crippen molar-refractivity contribution in [3.8, 4) is 0 Å². The molecule has 0 aromatic heterocycles. The van der Waals surface area contributed by atoms with Gasteiger partial charge in [-0.05, 0) is 67.6 Å². The highest BCUT2D eigenvalue weighted by Crippen LogP contribution is 2.27. The first kappa shape index (κ1) is 16.0. The predicted molar refractivity (Wildman–Crippen MR) is 96.0 cm³/mol. The molecule has 1 aliphatic rings. The molecule has 2 aromatic carbocycles. The van der Waals surface area contributed by atoms with Gasteiger partial charge < -0.3 is 4.90 Å². The summed E-state index contributed by atoms with van der Waals surface area (Å²) in [6, 6.07) is 9.08. The largest absolute Gasteiger partial charge is 0.369 e. The summed E-state index contributed by atoms with van der Waals surface area (Å²) in [6.07, 6.45) is 3.98.